The fourth-order valence-electron chi connectivity index (χ4n) is 1.61. The largest absolute Gasteiger partial charge is 0.493 e. The Bertz CT molecular complexity index is 537. The quantitative estimate of drug-likeness (QED) is 0.864. The van der Waals surface area contributed by atoms with Crippen LogP contribution in [0.15, 0.2) is 35.0 Å². The van der Waals surface area contributed by atoms with E-state index in [-0.39, 0.29) is 18.0 Å². The molecule has 2 N–H and O–H groups in total. The molecule has 0 aliphatic carbocycles. The van der Waals surface area contributed by atoms with Crippen LogP contribution < -0.4 is 10.5 Å². The molecule has 0 radical (unpaired) electrons. The highest BCUT2D eigenvalue weighted by atomic mass is 32.1. The molecule has 0 fully saturated rings. The van der Waals surface area contributed by atoms with Gasteiger partial charge in [-0.15, -0.1) is 0 Å². The summed E-state index contributed by atoms with van der Waals surface area (Å²) in [5.41, 5.74) is 5.66. The molecule has 2 aromatic rings. The lowest BCUT2D eigenvalue weighted by Gasteiger charge is -2.14. The van der Waals surface area contributed by atoms with Crippen molar-refractivity contribution < 1.29 is 17.9 Å². The zero-order valence-electron chi connectivity index (χ0n) is 9.91. The third-order valence-corrected chi connectivity index (χ3v) is 3.27. The normalized spacial score (nSPS) is 11.5. The van der Waals surface area contributed by atoms with Crippen LogP contribution in [0.2, 0.25) is 0 Å². The van der Waals surface area contributed by atoms with Crippen molar-refractivity contribution in [2.45, 2.75) is 12.6 Å². The molecule has 0 spiro atoms. The molecule has 0 unspecified atom stereocenters. The van der Waals surface area contributed by atoms with E-state index in [1.807, 2.05) is 16.8 Å². The smallest absolute Gasteiger partial charge is 0.420 e. The van der Waals surface area contributed by atoms with Crippen molar-refractivity contribution in [3.63, 3.8) is 0 Å². The Labute approximate surface area is 112 Å². The van der Waals surface area contributed by atoms with Crippen LogP contribution in [0.3, 0.4) is 0 Å². The van der Waals surface area contributed by atoms with Crippen LogP contribution in [0.1, 0.15) is 11.1 Å². The van der Waals surface area contributed by atoms with E-state index in [2.05, 4.69) is 0 Å². The molecule has 2 rings (SSSR count). The number of ether oxygens (including phenoxy) is 1. The van der Waals surface area contributed by atoms with Gasteiger partial charge in [-0.05, 0) is 40.6 Å². The first kappa shape index (κ1) is 13.7. The van der Waals surface area contributed by atoms with E-state index in [4.69, 9.17) is 10.5 Å². The standard InChI is InChI=1S/C13H12F3NOS/c14-13(15,16)11-7-10(17)1-2-12(11)18-5-3-9-4-6-19-8-9/h1-2,4,6-8H,3,5,17H2. The molecule has 0 saturated carbocycles. The summed E-state index contributed by atoms with van der Waals surface area (Å²) in [4.78, 5) is 0. The molecule has 1 heterocycles. The molecule has 2 nitrogen and oxygen atoms in total. The molecular weight excluding hydrogens is 275 g/mol. The summed E-state index contributed by atoms with van der Waals surface area (Å²) in [6.45, 7) is 0.198. The first-order valence-corrected chi connectivity index (χ1v) is 6.51. The van der Waals surface area contributed by atoms with Crippen molar-refractivity contribution in [3.8, 4) is 5.75 Å². The van der Waals surface area contributed by atoms with Crippen LogP contribution in [-0.4, -0.2) is 6.61 Å². The van der Waals surface area contributed by atoms with Crippen molar-refractivity contribution >= 4 is 17.0 Å². The average Bonchev–Trinajstić information content (AvgIpc) is 2.83. The molecule has 0 amide bonds. The number of anilines is 1. The summed E-state index contributed by atoms with van der Waals surface area (Å²) in [7, 11) is 0. The van der Waals surface area contributed by atoms with Gasteiger partial charge in [-0.1, -0.05) is 0 Å². The Hall–Kier alpha value is -1.69. The van der Waals surface area contributed by atoms with Crippen LogP contribution in [-0.2, 0) is 12.6 Å². The SMILES string of the molecule is Nc1ccc(OCCc2ccsc2)c(C(F)(F)F)c1. The zero-order valence-corrected chi connectivity index (χ0v) is 10.7. The van der Waals surface area contributed by atoms with Crippen molar-refractivity contribution in [2.24, 2.45) is 0 Å². The summed E-state index contributed by atoms with van der Waals surface area (Å²) in [5, 5.41) is 3.86. The highest BCUT2D eigenvalue weighted by Gasteiger charge is 2.34. The number of hydrogen-bond acceptors (Lipinski definition) is 3. The highest BCUT2D eigenvalue weighted by Crippen LogP contribution is 2.37. The third-order valence-electron chi connectivity index (χ3n) is 2.54. The second kappa shape index (κ2) is 5.52. The van der Waals surface area contributed by atoms with Gasteiger partial charge in [-0.2, -0.15) is 24.5 Å². The van der Waals surface area contributed by atoms with E-state index < -0.39 is 11.7 Å². The van der Waals surface area contributed by atoms with Gasteiger partial charge in [0.05, 0.1) is 12.2 Å². The van der Waals surface area contributed by atoms with Crippen LogP contribution >= 0.6 is 11.3 Å². The number of hydrogen-bond donors (Lipinski definition) is 1. The van der Waals surface area contributed by atoms with E-state index in [1.165, 1.54) is 12.1 Å². The second-order valence-electron chi connectivity index (χ2n) is 3.98. The highest BCUT2D eigenvalue weighted by molar-refractivity contribution is 7.07. The van der Waals surface area contributed by atoms with Gasteiger partial charge in [0.15, 0.2) is 0 Å². The number of nitrogen functional groups attached to an aromatic ring is 1. The van der Waals surface area contributed by atoms with E-state index in [0.29, 0.717) is 6.42 Å². The topological polar surface area (TPSA) is 35.2 Å². The maximum Gasteiger partial charge on any atom is 0.420 e. The van der Waals surface area contributed by atoms with Crippen LogP contribution in [0.25, 0.3) is 0 Å². The minimum atomic E-state index is -4.47. The van der Waals surface area contributed by atoms with Gasteiger partial charge < -0.3 is 10.5 Å². The minimum absolute atomic E-state index is 0.0671. The first-order valence-electron chi connectivity index (χ1n) is 5.57. The van der Waals surface area contributed by atoms with Crippen LogP contribution in [0.5, 0.6) is 5.75 Å². The predicted molar refractivity (Wildman–Crippen MR) is 69.4 cm³/mol. The van der Waals surface area contributed by atoms with Crippen LogP contribution in [0.4, 0.5) is 18.9 Å². The Kier molecular flexibility index (Phi) is 3.99. The first-order chi connectivity index (χ1) is 8.97. The van der Waals surface area contributed by atoms with Gasteiger partial charge in [0, 0.05) is 12.1 Å². The molecule has 0 saturated heterocycles. The average molecular weight is 287 g/mol. The molecule has 1 aromatic carbocycles. The lowest BCUT2D eigenvalue weighted by molar-refractivity contribution is -0.138. The maximum absolute atomic E-state index is 12.8. The molecule has 0 atom stereocenters. The van der Waals surface area contributed by atoms with Crippen LogP contribution in [0, 0.1) is 0 Å². The zero-order chi connectivity index (χ0) is 13.9. The summed E-state index contributed by atoms with van der Waals surface area (Å²) in [6.07, 6.45) is -3.89. The second-order valence-corrected chi connectivity index (χ2v) is 4.76. The van der Waals surface area contributed by atoms with Gasteiger partial charge in [-0.25, -0.2) is 0 Å². The van der Waals surface area contributed by atoms with Gasteiger partial charge >= 0.3 is 6.18 Å². The minimum Gasteiger partial charge on any atom is -0.493 e. The van der Waals surface area contributed by atoms with Crippen molar-refractivity contribution in [1.29, 1.82) is 0 Å². The number of nitrogens with two attached hydrogens (primary N) is 1. The van der Waals surface area contributed by atoms with Crippen molar-refractivity contribution in [3.05, 3.63) is 46.2 Å². The number of thiophene rings is 1. The van der Waals surface area contributed by atoms with Gasteiger partial charge in [-0.3, -0.25) is 0 Å². The number of rotatable bonds is 4. The Morgan fingerprint density at radius 1 is 1.21 bits per heavy atom. The summed E-state index contributed by atoms with van der Waals surface area (Å²) >= 11 is 1.54. The lowest BCUT2D eigenvalue weighted by Crippen LogP contribution is -2.10. The molecule has 102 valence electrons. The molecule has 6 heteroatoms. The fraction of sp³-hybridized carbons (Fsp3) is 0.231. The summed E-state index contributed by atoms with van der Waals surface area (Å²) in [5.74, 6) is -0.183. The van der Waals surface area contributed by atoms with E-state index in [1.54, 1.807) is 11.3 Å². The Morgan fingerprint density at radius 2 is 2.00 bits per heavy atom. The third kappa shape index (κ3) is 3.64. The number of halogens is 3. The van der Waals surface area contributed by atoms with Gasteiger partial charge in [0.1, 0.15) is 5.75 Å². The van der Waals surface area contributed by atoms with E-state index in [9.17, 15) is 13.2 Å². The maximum atomic E-state index is 12.8. The summed E-state index contributed by atoms with van der Waals surface area (Å²) < 4.78 is 43.6. The van der Waals surface area contributed by atoms with E-state index in [0.717, 1.165) is 11.6 Å². The fourth-order valence-corrected chi connectivity index (χ4v) is 2.31. The van der Waals surface area contributed by atoms with Crippen molar-refractivity contribution in [2.75, 3.05) is 12.3 Å². The van der Waals surface area contributed by atoms with E-state index >= 15 is 0 Å². The molecule has 0 bridgehead atoms. The Balaban J connectivity index is 2.07. The van der Waals surface area contributed by atoms with Gasteiger partial charge in [0.25, 0.3) is 0 Å². The lowest BCUT2D eigenvalue weighted by atomic mass is 10.1. The molecule has 0 aliphatic rings. The number of alkyl halides is 3. The summed E-state index contributed by atoms with van der Waals surface area (Å²) in [6, 6.07) is 5.46. The molecular formula is C13H12F3NOS. The molecule has 0 aliphatic heterocycles. The monoisotopic (exact) mass is 287 g/mol. The van der Waals surface area contributed by atoms with Gasteiger partial charge in [0.2, 0.25) is 0 Å². The predicted octanol–water partition coefficient (Wildman–Crippen LogP) is 3.97. The molecule has 19 heavy (non-hydrogen) atoms. The molecule has 1 aromatic heterocycles. The Morgan fingerprint density at radius 3 is 2.63 bits per heavy atom. The number of benzene rings is 1. The van der Waals surface area contributed by atoms with Crippen molar-refractivity contribution in [1.82, 2.24) is 0 Å².